The Morgan fingerprint density at radius 3 is 2.75 bits per heavy atom. The molecular weight excluding hydrogens is 314 g/mol. The maximum Gasteiger partial charge on any atom is 0.305 e. The van der Waals surface area contributed by atoms with Crippen molar-refractivity contribution in [3.63, 3.8) is 0 Å². The Kier molecular flexibility index (Phi) is 6.57. The highest BCUT2D eigenvalue weighted by Crippen LogP contribution is 2.25. The molecule has 132 valence electrons. The number of benzene rings is 1. The summed E-state index contributed by atoms with van der Waals surface area (Å²) in [4.78, 5) is 25.4. The van der Waals surface area contributed by atoms with Gasteiger partial charge in [0.25, 0.3) is 5.91 Å². The van der Waals surface area contributed by atoms with Gasteiger partial charge in [-0.25, -0.2) is 0 Å². The van der Waals surface area contributed by atoms with Crippen molar-refractivity contribution in [2.75, 3.05) is 34.0 Å². The average molecular weight is 337 g/mol. The van der Waals surface area contributed by atoms with Crippen molar-refractivity contribution in [3.05, 3.63) is 29.8 Å². The molecule has 7 nitrogen and oxygen atoms in total. The minimum atomic E-state index is -0.925. The number of carbonyl (C=O) groups is 2. The zero-order chi connectivity index (χ0) is 17.5. The summed E-state index contributed by atoms with van der Waals surface area (Å²) in [5.41, 5.74) is 0.469. The molecular formula is C17H23NO6. The van der Waals surface area contributed by atoms with E-state index in [4.69, 9.17) is 19.3 Å². The third-order valence-corrected chi connectivity index (χ3v) is 4.02. The number of aliphatic carboxylic acids is 1. The van der Waals surface area contributed by atoms with Crippen LogP contribution in [0.5, 0.6) is 5.75 Å². The molecule has 2 unspecified atom stereocenters. The van der Waals surface area contributed by atoms with Gasteiger partial charge in [0.2, 0.25) is 0 Å². The first-order valence-electron chi connectivity index (χ1n) is 7.82. The largest absolute Gasteiger partial charge is 0.491 e. The van der Waals surface area contributed by atoms with Crippen LogP contribution < -0.4 is 4.74 Å². The Morgan fingerprint density at radius 2 is 2.08 bits per heavy atom. The number of nitrogens with zero attached hydrogens (tertiary/aromatic N) is 1. The molecule has 1 fully saturated rings. The topological polar surface area (TPSA) is 85.3 Å². The summed E-state index contributed by atoms with van der Waals surface area (Å²) in [6, 6.07) is 6.51. The molecule has 2 rings (SSSR count). The molecule has 2 atom stereocenters. The monoisotopic (exact) mass is 337 g/mol. The van der Waals surface area contributed by atoms with Crippen LogP contribution in [0.2, 0.25) is 0 Å². The standard InChI is InChI=1S/C17H23NO6/c1-22-6-7-24-14-5-3-4-12(8-14)17(21)18-11-15(23-2)9-13(18)10-16(19)20/h3-5,8,13,15H,6-7,9-11H2,1-2H3,(H,19,20). The van der Waals surface area contributed by atoms with Gasteiger partial charge in [-0.05, 0) is 24.6 Å². The zero-order valence-corrected chi connectivity index (χ0v) is 13.9. The fraction of sp³-hybridized carbons (Fsp3) is 0.529. The van der Waals surface area contributed by atoms with E-state index >= 15 is 0 Å². The van der Waals surface area contributed by atoms with E-state index in [2.05, 4.69) is 0 Å². The van der Waals surface area contributed by atoms with Crippen molar-refractivity contribution in [1.29, 1.82) is 0 Å². The van der Waals surface area contributed by atoms with E-state index in [9.17, 15) is 9.59 Å². The first kappa shape index (κ1) is 18.2. The molecule has 1 aromatic rings. The molecule has 1 aliphatic heterocycles. The van der Waals surface area contributed by atoms with E-state index in [0.717, 1.165) is 0 Å². The van der Waals surface area contributed by atoms with Crippen LogP contribution in [-0.2, 0) is 14.3 Å². The quantitative estimate of drug-likeness (QED) is 0.722. The maximum atomic E-state index is 12.8. The summed E-state index contributed by atoms with van der Waals surface area (Å²) in [5.74, 6) is -0.556. The van der Waals surface area contributed by atoms with Crippen molar-refractivity contribution in [3.8, 4) is 5.75 Å². The lowest BCUT2D eigenvalue weighted by molar-refractivity contribution is -0.137. The summed E-state index contributed by atoms with van der Waals surface area (Å²) in [7, 11) is 3.16. The molecule has 0 saturated carbocycles. The fourth-order valence-electron chi connectivity index (χ4n) is 2.82. The lowest BCUT2D eigenvalue weighted by Gasteiger charge is -2.23. The summed E-state index contributed by atoms with van der Waals surface area (Å²) in [6.07, 6.45) is 0.299. The molecule has 1 N–H and O–H groups in total. The molecule has 1 aromatic carbocycles. The number of ether oxygens (including phenoxy) is 3. The van der Waals surface area contributed by atoms with Crippen LogP contribution >= 0.6 is 0 Å². The fourth-order valence-corrected chi connectivity index (χ4v) is 2.82. The van der Waals surface area contributed by atoms with Crippen molar-refractivity contribution < 1.29 is 28.9 Å². The number of hydrogen-bond donors (Lipinski definition) is 1. The Bertz CT molecular complexity index is 576. The summed E-state index contributed by atoms with van der Waals surface area (Å²) < 4.78 is 15.8. The highest BCUT2D eigenvalue weighted by atomic mass is 16.5. The Balaban J connectivity index is 2.10. The molecule has 7 heteroatoms. The SMILES string of the molecule is COCCOc1cccc(C(=O)N2CC(OC)CC2CC(=O)O)c1. The van der Waals surface area contributed by atoms with Crippen LogP contribution in [0, 0.1) is 0 Å². The van der Waals surface area contributed by atoms with Gasteiger partial charge < -0.3 is 24.2 Å². The van der Waals surface area contributed by atoms with Crippen LogP contribution in [0.1, 0.15) is 23.2 Å². The minimum Gasteiger partial charge on any atom is -0.491 e. The van der Waals surface area contributed by atoms with Crippen LogP contribution in [-0.4, -0.2) is 68.0 Å². The van der Waals surface area contributed by atoms with E-state index in [0.29, 0.717) is 37.5 Å². The molecule has 0 bridgehead atoms. The lowest BCUT2D eigenvalue weighted by atomic mass is 10.1. The molecule has 1 saturated heterocycles. The first-order chi connectivity index (χ1) is 11.5. The summed E-state index contributed by atoms with van der Waals surface area (Å²) in [5, 5.41) is 9.06. The van der Waals surface area contributed by atoms with Crippen molar-refractivity contribution in [2.24, 2.45) is 0 Å². The Morgan fingerprint density at radius 1 is 1.29 bits per heavy atom. The second kappa shape index (κ2) is 8.65. The van der Waals surface area contributed by atoms with Crippen LogP contribution in [0.4, 0.5) is 0 Å². The third kappa shape index (κ3) is 4.69. The molecule has 0 spiro atoms. The van der Waals surface area contributed by atoms with Gasteiger partial charge in [-0.2, -0.15) is 0 Å². The molecule has 1 amide bonds. The lowest BCUT2D eigenvalue weighted by Crippen LogP contribution is -2.37. The Hall–Kier alpha value is -2.12. The predicted molar refractivity (Wildman–Crippen MR) is 86.3 cm³/mol. The average Bonchev–Trinajstić information content (AvgIpc) is 2.97. The zero-order valence-electron chi connectivity index (χ0n) is 13.9. The highest BCUT2D eigenvalue weighted by molar-refractivity contribution is 5.95. The van der Waals surface area contributed by atoms with Crippen molar-refractivity contribution in [1.82, 2.24) is 4.90 Å². The van der Waals surface area contributed by atoms with Crippen LogP contribution in [0.15, 0.2) is 24.3 Å². The predicted octanol–water partition coefficient (Wildman–Crippen LogP) is 1.42. The third-order valence-electron chi connectivity index (χ3n) is 4.02. The normalized spacial score (nSPS) is 20.2. The second-order valence-corrected chi connectivity index (χ2v) is 5.67. The van der Waals surface area contributed by atoms with E-state index in [1.54, 1.807) is 43.4 Å². The minimum absolute atomic E-state index is 0.0877. The van der Waals surface area contributed by atoms with Crippen LogP contribution in [0.25, 0.3) is 0 Å². The summed E-state index contributed by atoms with van der Waals surface area (Å²) in [6.45, 7) is 1.24. The first-order valence-corrected chi connectivity index (χ1v) is 7.82. The summed E-state index contributed by atoms with van der Waals surface area (Å²) >= 11 is 0. The van der Waals surface area contributed by atoms with E-state index in [-0.39, 0.29) is 24.5 Å². The second-order valence-electron chi connectivity index (χ2n) is 5.67. The number of rotatable bonds is 8. The Labute approximate surface area is 141 Å². The number of hydrogen-bond acceptors (Lipinski definition) is 5. The molecule has 0 aliphatic carbocycles. The van der Waals surface area contributed by atoms with Crippen molar-refractivity contribution in [2.45, 2.75) is 25.0 Å². The number of carboxylic acid groups (broad SMARTS) is 1. The van der Waals surface area contributed by atoms with Gasteiger partial charge in [0.1, 0.15) is 12.4 Å². The van der Waals surface area contributed by atoms with Gasteiger partial charge in [-0.1, -0.05) is 6.07 Å². The van der Waals surface area contributed by atoms with Gasteiger partial charge in [0, 0.05) is 32.4 Å². The number of likely N-dealkylation sites (tertiary alicyclic amines) is 1. The molecule has 0 radical (unpaired) electrons. The smallest absolute Gasteiger partial charge is 0.305 e. The van der Waals surface area contributed by atoms with Crippen LogP contribution in [0.3, 0.4) is 0 Å². The van der Waals surface area contributed by atoms with Gasteiger partial charge in [0.15, 0.2) is 0 Å². The molecule has 24 heavy (non-hydrogen) atoms. The number of amides is 1. The van der Waals surface area contributed by atoms with E-state index in [1.807, 2.05) is 0 Å². The molecule has 1 aliphatic rings. The van der Waals surface area contributed by atoms with Gasteiger partial charge >= 0.3 is 5.97 Å². The van der Waals surface area contributed by atoms with Crippen molar-refractivity contribution >= 4 is 11.9 Å². The maximum absolute atomic E-state index is 12.8. The number of carboxylic acids is 1. The molecule has 0 aromatic heterocycles. The van der Waals surface area contributed by atoms with E-state index in [1.165, 1.54) is 0 Å². The van der Waals surface area contributed by atoms with E-state index < -0.39 is 5.97 Å². The van der Waals surface area contributed by atoms with Gasteiger partial charge in [-0.15, -0.1) is 0 Å². The molecule has 1 heterocycles. The highest BCUT2D eigenvalue weighted by Gasteiger charge is 2.36. The van der Waals surface area contributed by atoms with Gasteiger partial charge in [-0.3, -0.25) is 9.59 Å². The number of methoxy groups -OCH3 is 2. The number of carbonyl (C=O) groups excluding carboxylic acids is 1. The van der Waals surface area contributed by atoms with Gasteiger partial charge in [0.05, 0.1) is 19.1 Å².